The van der Waals surface area contributed by atoms with Crippen LogP contribution in [0.15, 0.2) is 18.2 Å². The molecule has 0 spiro atoms. The minimum absolute atomic E-state index is 0.177. The molecule has 6 heteroatoms. The van der Waals surface area contributed by atoms with Crippen molar-refractivity contribution in [2.45, 2.75) is 45.4 Å². The van der Waals surface area contributed by atoms with Gasteiger partial charge in [0.25, 0.3) is 0 Å². The van der Waals surface area contributed by atoms with Crippen molar-refractivity contribution >= 4 is 6.09 Å². The Labute approximate surface area is 136 Å². The van der Waals surface area contributed by atoms with Crippen LogP contribution >= 0.6 is 0 Å². The summed E-state index contributed by atoms with van der Waals surface area (Å²) in [5.74, 6) is -0.417. The second-order valence-corrected chi connectivity index (χ2v) is 6.82. The molecule has 0 saturated carbocycles. The van der Waals surface area contributed by atoms with Gasteiger partial charge in [0.05, 0.1) is 19.3 Å². The molecule has 1 N–H and O–H groups in total. The summed E-state index contributed by atoms with van der Waals surface area (Å²) in [7, 11) is 0. The molecule has 2 unspecified atom stereocenters. The number of aryl methyl sites for hydroxylation is 1. The first-order valence-electron chi connectivity index (χ1n) is 7.70. The molecule has 0 aromatic heterocycles. The molecule has 1 saturated heterocycles. The summed E-state index contributed by atoms with van der Waals surface area (Å²) in [6.07, 6.45) is -1.55. The van der Waals surface area contributed by atoms with Crippen LogP contribution in [0.25, 0.3) is 0 Å². The number of aliphatic hydroxyl groups is 1. The van der Waals surface area contributed by atoms with E-state index in [-0.39, 0.29) is 6.61 Å². The fraction of sp³-hybridized carbons (Fsp3) is 0.588. The van der Waals surface area contributed by atoms with Crippen LogP contribution in [0.4, 0.5) is 9.18 Å². The molecule has 1 aromatic rings. The smallest absolute Gasteiger partial charge is 0.410 e. The Bertz CT molecular complexity index is 550. The van der Waals surface area contributed by atoms with Crippen molar-refractivity contribution in [1.82, 2.24) is 4.90 Å². The van der Waals surface area contributed by atoms with Crippen LogP contribution in [0.1, 0.15) is 38.0 Å². The highest BCUT2D eigenvalue weighted by Gasteiger charge is 2.36. The molecule has 0 radical (unpaired) electrons. The van der Waals surface area contributed by atoms with E-state index in [1.807, 2.05) is 0 Å². The predicted molar refractivity (Wildman–Crippen MR) is 83.6 cm³/mol. The minimum Gasteiger partial charge on any atom is -0.444 e. The van der Waals surface area contributed by atoms with E-state index >= 15 is 0 Å². The molecule has 2 rings (SSSR count). The van der Waals surface area contributed by atoms with E-state index in [4.69, 9.17) is 9.47 Å². The van der Waals surface area contributed by atoms with Crippen LogP contribution in [0.2, 0.25) is 0 Å². The SMILES string of the molecule is Cc1cc(F)cc(C(O)C2COCCN2C(=O)OC(C)(C)C)c1. The van der Waals surface area contributed by atoms with Crippen molar-refractivity contribution in [2.24, 2.45) is 0 Å². The zero-order valence-corrected chi connectivity index (χ0v) is 14.0. The van der Waals surface area contributed by atoms with Crippen LogP contribution in [-0.4, -0.2) is 47.5 Å². The van der Waals surface area contributed by atoms with Gasteiger partial charge < -0.3 is 14.6 Å². The number of benzene rings is 1. The Morgan fingerprint density at radius 3 is 2.74 bits per heavy atom. The summed E-state index contributed by atoms with van der Waals surface area (Å²) in [5.41, 5.74) is 0.506. The summed E-state index contributed by atoms with van der Waals surface area (Å²) < 4.78 is 24.4. The largest absolute Gasteiger partial charge is 0.444 e. The Morgan fingerprint density at radius 2 is 2.13 bits per heavy atom. The highest BCUT2D eigenvalue weighted by molar-refractivity contribution is 5.69. The maximum Gasteiger partial charge on any atom is 0.410 e. The quantitative estimate of drug-likeness (QED) is 0.908. The number of nitrogens with zero attached hydrogens (tertiary/aromatic N) is 1. The van der Waals surface area contributed by atoms with E-state index in [1.165, 1.54) is 17.0 Å². The topological polar surface area (TPSA) is 59.0 Å². The van der Waals surface area contributed by atoms with E-state index in [9.17, 15) is 14.3 Å². The normalized spacial score (nSPS) is 20.3. The number of halogens is 1. The number of ether oxygens (including phenoxy) is 2. The van der Waals surface area contributed by atoms with Gasteiger partial charge in [-0.3, -0.25) is 4.90 Å². The maximum absolute atomic E-state index is 13.6. The van der Waals surface area contributed by atoms with Gasteiger partial charge >= 0.3 is 6.09 Å². The van der Waals surface area contributed by atoms with Gasteiger partial charge in [-0.1, -0.05) is 6.07 Å². The lowest BCUT2D eigenvalue weighted by molar-refractivity contribution is -0.0673. The van der Waals surface area contributed by atoms with Crippen molar-refractivity contribution in [3.63, 3.8) is 0 Å². The average Bonchev–Trinajstić information content (AvgIpc) is 2.43. The zero-order valence-electron chi connectivity index (χ0n) is 14.0. The van der Waals surface area contributed by atoms with Crippen molar-refractivity contribution in [3.8, 4) is 0 Å². The van der Waals surface area contributed by atoms with Crippen molar-refractivity contribution in [3.05, 3.63) is 35.1 Å². The van der Waals surface area contributed by atoms with E-state index in [2.05, 4.69) is 0 Å². The molecular weight excluding hydrogens is 301 g/mol. The maximum atomic E-state index is 13.6. The summed E-state index contributed by atoms with van der Waals surface area (Å²) in [4.78, 5) is 13.8. The van der Waals surface area contributed by atoms with E-state index < -0.39 is 29.7 Å². The van der Waals surface area contributed by atoms with Gasteiger partial charge in [0.15, 0.2) is 0 Å². The van der Waals surface area contributed by atoms with Gasteiger partial charge in [0.2, 0.25) is 0 Å². The third-order valence-electron chi connectivity index (χ3n) is 3.56. The number of rotatable bonds is 2. The Balaban J connectivity index is 2.21. The number of hydrogen-bond donors (Lipinski definition) is 1. The molecule has 2 atom stereocenters. The lowest BCUT2D eigenvalue weighted by Gasteiger charge is -2.39. The molecule has 0 bridgehead atoms. The number of hydrogen-bond acceptors (Lipinski definition) is 4. The first-order valence-corrected chi connectivity index (χ1v) is 7.70. The summed E-state index contributed by atoms with van der Waals surface area (Å²) >= 11 is 0. The monoisotopic (exact) mass is 325 g/mol. The van der Waals surface area contributed by atoms with Crippen molar-refractivity contribution in [2.75, 3.05) is 19.8 Å². The molecule has 128 valence electrons. The Hall–Kier alpha value is -1.66. The fourth-order valence-electron chi connectivity index (χ4n) is 2.59. The van der Waals surface area contributed by atoms with Gasteiger partial charge in [0.1, 0.15) is 17.5 Å². The van der Waals surface area contributed by atoms with Gasteiger partial charge in [-0.25, -0.2) is 9.18 Å². The Morgan fingerprint density at radius 1 is 1.43 bits per heavy atom. The molecule has 0 aliphatic carbocycles. The van der Waals surface area contributed by atoms with Gasteiger partial charge in [-0.2, -0.15) is 0 Å². The molecule has 23 heavy (non-hydrogen) atoms. The highest BCUT2D eigenvalue weighted by atomic mass is 19.1. The average molecular weight is 325 g/mol. The predicted octanol–water partition coefficient (Wildman–Crippen LogP) is 2.80. The van der Waals surface area contributed by atoms with Crippen molar-refractivity contribution < 1.29 is 23.8 Å². The van der Waals surface area contributed by atoms with Gasteiger partial charge in [0, 0.05) is 6.54 Å². The molecule has 5 nitrogen and oxygen atoms in total. The first kappa shape index (κ1) is 17.7. The second kappa shape index (κ2) is 6.84. The van der Waals surface area contributed by atoms with E-state index in [0.29, 0.717) is 24.3 Å². The third kappa shape index (κ3) is 4.65. The van der Waals surface area contributed by atoms with Crippen molar-refractivity contribution in [1.29, 1.82) is 0 Å². The summed E-state index contributed by atoms with van der Waals surface area (Å²) in [5, 5.41) is 10.6. The van der Waals surface area contributed by atoms with Crippen LogP contribution in [0.3, 0.4) is 0 Å². The molecule has 1 aliphatic rings. The number of amides is 1. The van der Waals surface area contributed by atoms with Crippen LogP contribution < -0.4 is 0 Å². The number of morpholine rings is 1. The lowest BCUT2D eigenvalue weighted by Crippen LogP contribution is -2.52. The van der Waals surface area contributed by atoms with Gasteiger partial charge in [-0.15, -0.1) is 0 Å². The highest BCUT2D eigenvalue weighted by Crippen LogP contribution is 2.26. The summed E-state index contributed by atoms with van der Waals surface area (Å²) in [6, 6.07) is 3.76. The standard InChI is InChI=1S/C17H24FNO4/c1-11-7-12(9-13(18)8-11)15(20)14-10-22-6-5-19(14)16(21)23-17(2,3)4/h7-9,14-15,20H,5-6,10H2,1-4H3. The molecule has 1 aliphatic heterocycles. The fourth-order valence-corrected chi connectivity index (χ4v) is 2.59. The van der Waals surface area contributed by atoms with Crippen LogP contribution in [0, 0.1) is 12.7 Å². The number of aliphatic hydroxyl groups excluding tert-OH is 1. The first-order chi connectivity index (χ1) is 10.7. The Kier molecular flexibility index (Phi) is 5.26. The van der Waals surface area contributed by atoms with E-state index in [1.54, 1.807) is 33.8 Å². The lowest BCUT2D eigenvalue weighted by atomic mass is 9.99. The second-order valence-electron chi connectivity index (χ2n) is 6.82. The van der Waals surface area contributed by atoms with Crippen LogP contribution in [0.5, 0.6) is 0 Å². The molecule has 1 amide bonds. The van der Waals surface area contributed by atoms with E-state index in [0.717, 1.165) is 0 Å². The van der Waals surface area contributed by atoms with Gasteiger partial charge in [-0.05, 0) is 51.0 Å². The number of carbonyl (C=O) groups is 1. The molecule has 1 fully saturated rings. The minimum atomic E-state index is -1.04. The molecular formula is C17H24FNO4. The molecule has 1 aromatic carbocycles. The zero-order chi connectivity index (χ0) is 17.2. The molecule has 1 heterocycles. The van der Waals surface area contributed by atoms with Crippen LogP contribution in [-0.2, 0) is 9.47 Å². The summed E-state index contributed by atoms with van der Waals surface area (Å²) in [6.45, 7) is 7.99. The third-order valence-corrected chi connectivity index (χ3v) is 3.56. The number of carbonyl (C=O) groups excluding carboxylic acids is 1.